The van der Waals surface area contributed by atoms with Crippen LogP contribution in [0, 0.1) is 11.8 Å². The van der Waals surface area contributed by atoms with E-state index in [9.17, 15) is 9.59 Å². The maximum Gasteiger partial charge on any atom is 0.225 e. The van der Waals surface area contributed by atoms with E-state index >= 15 is 0 Å². The molecule has 1 aromatic rings. The third-order valence-corrected chi connectivity index (χ3v) is 3.80. The largest absolute Gasteiger partial charge is 0.497 e. The van der Waals surface area contributed by atoms with Crippen molar-refractivity contribution in [3.63, 3.8) is 0 Å². The van der Waals surface area contributed by atoms with Crippen molar-refractivity contribution in [2.24, 2.45) is 11.8 Å². The summed E-state index contributed by atoms with van der Waals surface area (Å²) in [5.74, 6) is 1.00. The van der Waals surface area contributed by atoms with Gasteiger partial charge in [0.2, 0.25) is 11.8 Å². The Morgan fingerprint density at radius 3 is 2.64 bits per heavy atom. The molecule has 1 aliphatic rings. The normalized spacial score (nSPS) is 17.9. The molecular formula is C17H24N2O3. The Morgan fingerprint density at radius 1 is 1.36 bits per heavy atom. The van der Waals surface area contributed by atoms with E-state index in [4.69, 9.17) is 4.74 Å². The first kappa shape index (κ1) is 16.3. The van der Waals surface area contributed by atoms with Crippen molar-refractivity contribution < 1.29 is 14.3 Å². The first-order valence-electron chi connectivity index (χ1n) is 7.68. The Morgan fingerprint density at radius 2 is 2.05 bits per heavy atom. The summed E-state index contributed by atoms with van der Waals surface area (Å²) >= 11 is 0. The molecule has 0 spiro atoms. The van der Waals surface area contributed by atoms with Crippen molar-refractivity contribution in [3.8, 4) is 5.75 Å². The molecular weight excluding hydrogens is 280 g/mol. The quantitative estimate of drug-likeness (QED) is 0.872. The van der Waals surface area contributed by atoms with E-state index in [0.717, 1.165) is 11.3 Å². The number of carbonyl (C=O) groups is 2. The van der Waals surface area contributed by atoms with Gasteiger partial charge in [0.05, 0.1) is 13.0 Å². The van der Waals surface area contributed by atoms with E-state index in [1.165, 1.54) is 0 Å². The fraction of sp³-hybridized carbons (Fsp3) is 0.529. The monoisotopic (exact) mass is 304 g/mol. The molecule has 1 heterocycles. The number of nitrogens with one attached hydrogen (secondary N) is 1. The van der Waals surface area contributed by atoms with E-state index in [0.29, 0.717) is 32.0 Å². The lowest BCUT2D eigenvalue weighted by molar-refractivity contribution is -0.129. The second-order valence-electron chi connectivity index (χ2n) is 6.16. The first-order chi connectivity index (χ1) is 10.5. The Kier molecular flexibility index (Phi) is 5.41. The summed E-state index contributed by atoms with van der Waals surface area (Å²) in [6.07, 6.45) is 0.306. The summed E-state index contributed by atoms with van der Waals surface area (Å²) in [6, 6.07) is 7.64. The standard InChI is InChI=1S/C17H24N2O3/c1-12(2)9-18-17(21)14-8-16(20)19(11-14)10-13-4-6-15(22-3)7-5-13/h4-7,12,14H,8-11H2,1-3H3,(H,18,21). The zero-order chi connectivity index (χ0) is 16.1. The second-order valence-corrected chi connectivity index (χ2v) is 6.16. The molecule has 22 heavy (non-hydrogen) atoms. The van der Waals surface area contributed by atoms with Gasteiger partial charge in [-0.1, -0.05) is 26.0 Å². The fourth-order valence-electron chi connectivity index (χ4n) is 2.50. The molecule has 0 aliphatic carbocycles. The number of benzene rings is 1. The van der Waals surface area contributed by atoms with Crippen LogP contribution in [0.2, 0.25) is 0 Å². The highest BCUT2D eigenvalue weighted by Crippen LogP contribution is 2.21. The number of ether oxygens (including phenoxy) is 1. The van der Waals surface area contributed by atoms with Crippen molar-refractivity contribution in [1.29, 1.82) is 0 Å². The minimum Gasteiger partial charge on any atom is -0.497 e. The van der Waals surface area contributed by atoms with Gasteiger partial charge < -0.3 is 15.0 Å². The van der Waals surface area contributed by atoms with Gasteiger partial charge in [-0.05, 0) is 23.6 Å². The molecule has 1 saturated heterocycles. The molecule has 0 saturated carbocycles. The molecule has 2 rings (SSSR count). The molecule has 120 valence electrons. The predicted molar refractivity (Wildman–Crippen MR) is 84.4 cm³/mol. The molecule has 0 bridgehead atoms. The van der Waals surface area contributed by atoms with Crippen LogP contribution < -0.4 is 10.1 Å². The summed E-state index contributed by atoms with van der Waals surface area (Å²) in [4.78, 5) is 25.9. The average Bonchev–Trinajstić information content (AvgIpc) is 2.86. The number of hydrogen-bond donors (Lipinski definition) is 1. The first-order valence-corrected chi connectivity index (χ1v) is 7.68. The second kappa shape index (κ2) is 7.29. The van der Waals surface area contributed by atoms with Crippen molar-refractivity contribution in [2.45, 2.75) is 26.8 Å². The summed E-state index contributed by atoms with van der Waals surface area (Å²) < 4.78 is 5.12. The van der Waals surface area contributed by atoms with Crippen LogP contribution in [0.1, 0.15) is 25.8 Å². The number of carbonyl (C=O) groups excluding carboxylic acids is 2. The van der Waals surface area contributed by atoms with Crippen molar-refractivity contribution >= 4 is 11.8 Å². The van der Waals surface area contributed by atoms with Crippen LogP contribution >= 0.6 is 0 Å². The molecule has 1 aromatic carbocycles. The topological polar surface area (TPSA) is 58.6 Å². The highest BCUT2D eigenvalue weighted by molar-refractivity contribution is 5.89. The smallest absolute Gasteiger partial charge is 0.225 e. The Balaban J connectivity index is 1.90. The zero-order valence-corrected chi connectivity index (χ0v) is 13.5. The summed E-state index contributed by atoms with van der Waals surface area (Å²) in [6.45, 7) is 5.79. The summed E-state index contributed by atoms with van der Waals surface area (Å²) in [5.41, 5.74) is 1.04. The van der Waals surface area contributed by atoms with Crippen LogP contribution in [0.5, 0.6) is 5.75 Å². The average molecular weight is 304 g/mol. The SMILES string of the molecule is COc1ccc(CN2CC(C(=O)NCC(C)C)CC2=O)cc1. The van der Waals surface area contributed by atoms with Gasteiger partial charge in [-0.3, -0.25) is 9.59 Å². The molecule has 1 N–H and O–H groups in total. The lowest BCUT2D eigenvalue weighted by Crippen LogP contribution is -2.34. The molecule has 0 radical (unpaired) electrons. The van der Waals surface area contributed by atoms with Gasteiger partial charge in [0.15, 0.2) is 0 Å². The molecule has 1 aliphatic heterocycles. The Labute approximate surface area is 131 Å². The number of nitrogens with zero attached hydrogens (tertiary/aromatic N) is 1. The number of amides is 2. The minimum absolute atomic E-state index is 0.0146. The maximum absolute atomic E-state index is 12.1. The van der Waals surface area contributed by atoms with Crippen LogP contribution in [0.3, 0.4) is 0 Å². The molecule has 5 heteroatoms. The number of hydrogen-bond acceptors (Lipinski definition) is 3. The van der Waals surface area contributed by atoms with E-state index in [1.54, 1.807) is 12.0 Å². The van der Waals surface area contributed by atoms with E-state index in [2.05, 4.69) is 19.2 Å². The molecule has 1 atom stereocenters. The van der Waals surface area contributed by atoms with E-state index in [1.807, 2.05) is 24.3 Å². The van der Waals surface area contributed by atoms with Gasteiger partial charge in [-0.25, -0.2) is 0 Å². The van der Waals surface area contributed by atoms with Crippen molar-refractivity contribution in [1.82, 2.24) is 10.2 Å². The molecule has 5 nitrogen and oxygen atoms in total. The van der Waals surface area contributed by atoms with Gasteiger partial charge in [-0.15, -0.1) is 0 Å². The van der Waals surface area contributed by atoms with Crippen LogP contribution in [0.4, 0.5) is 0 Å². The van der Waals surface area contributed by atoms with E-state index < -0.39 is 0 Å². The maximum atomic E-state index is 12.1. The Bertz CT molecular complexity index is 525. The van der Waals surface area contributed by atoms with Crippen LogP contribution in [0.25, 0.3) is 0 Å². The lowest BCUT2D eigenvalue weighted by atomic mass is 10.1. The number of likely N-dealkylation sites (tertiary alicyclic amines) is 1. The van der Waals surface area contributed by atoms with Gasteiger partial charge in [-0.2, -0.15) is 0 Å². The Hall–Kier alpha value is -2.04. The van der Waals surface area contributed by atoms with Crippen LogP contribution in [0.15, 0.2) is 24.3 Å². The highest BCUT2D eigenvalue weighted by Gasteiger charge is 2.34. The van der Waals surface area contributed by atoms with Crippen molar-refractivity contribution in [3.05, 3.63) is 29.8 Å². The number of methoxy groups -OCH3 is 1. The highest BCUT2D eigenvalue weighted by atomic mass is 16.5. The van der Waals surface area contributed by atoms with Gasteiger partial charge in [0, 0.05) is 26.1 Å². The summed E-state index contributed by atoms with van der Waals surface area (Å²) in [7, 11) is 1.62. The van der Waals surface area contributed by atoms with E-state index in [-0.39, 0.29) is 17.7 Å². The molecule has 2 amide bonds. The third kappa shape index (κ3) is 4.23. The van der Waals surface area contributed by atoms with Gasteiger partial charge in [0.25, 0.3) is 0 Å². The predicted octanol–water partition coefficient (Wildman–Crippen LogP) is 1.82. The third-order valence-electron chi connectivity index (χ3n) is 3.80. The summed E-state index contributed by atoms with van der Waals surface area (Å²) in [5, 5.41) is 2.91. The molecule has 1 unspecified atom stereocenters. The molecule has 0 aromatic heterocycles. The van der Waals surface area contributed by atoms with Crippen molar-refractivity contribution in [2.75, 3.05) is 20.2 Å². The van der Waals surface area contributed by atoms with Gasteiger partial charge >= 0.3 is 0 Å². The van der Waals surface area contributed by atoms with Crippen LogP contribution in [-0.2, 0) is 16.1 Å². The minimum atomic E-state index is -0.232. The fourth-order valence-corrected chi connectivity index (χ4v) is 2.50. The zero-order valence-electron chi connectivity index (χ0n) is 13.5. The number of rotatable bonds is 6. The molecule has 1 fully saturated rings. The van der Waals surface area contributed by atoms with Crippen LogP contribution in [-0.4, -0.2) is 36.9 Å². The van der Waals surface area contributed by atoms with Gasteiger partial charge in [0.1, 0.15) is 5.75 Å². The lowest BCUT2D eigenvalue weighted by Gasteiger charge is -2.17.